The molecule has 56 heavy (non-hydrogen) atoms. The molecule has 2 atom stereocenters. The molecule has 2 amide bonds. The minimum Gasteiger partial charge on any atom is -0.480 e. The van der Waals surface area contributed by atoms with E-state index < -0.39 is 30.6 Å². The van der Waals surface area contributed by atoms with Crippen LogP contribution in [-0.4, -0.2) is 59.3 Å². The van der Waals surface area contributed by atoms with E-state index in [1.165, 1.54) is 135 Å². The fraction of sp³-hybridized carbons (Fsp3) is 0.787. The fourth-order valence-electron chi connectivity index (χ4n) is 6.62. The van der Waals surface area contributed by atoms with Gasteiger partial charge in [0.1, 0.15) is 12.1 Å². The van der Waals surface area contributed by atoms with Crippen molar-refractivity contribution >= 4 is 23.8 Å². The number of aliphatic carboxylic acids is 1. The Morgan fingerprint density at radius 1 is 0.554 bits per heavy atom. The average molecular weight is 789 g/mol. The van der Waals surface area contributed by atoms with Crippen molar-refractivity contribution in [1.82, 2.24) is 10.6 Å². The highest BCUT2D eigenvalue weighted by molar-refractivity contribution is 5.87. The minimum absolute atomic E-state index is 0.161. The summed E-state index contributed by atoms with van der Waals surface area (Å²) < 4.78 is 5.79. The van der Waals surface area contributed by atoms with Crippen molar-refractivity contribution in [3.8, 4) is 0 Å². The van der Waals surface area contributed by atoms with Crippen LogP contribution in [0.4, 0.5) is 0 Å². The van der Waals surface area contributed by atoms with Crippen LogP contribution < -0.4 is 10.6 Å². The summed E-state index contributed by atoms with van der Waals surface area (Å²) in [5, 5.41) is 22.5. The van der Waals surface area contributed by atoms with Gasteiger partial charge in [0.2, 0.25) is 11.8 Å². The predicted octanol–water partition coefficient (Wildman–Crippen LogP) is 11.4. The molecule has 0 spiro atoms. The van der Waals surface area contributed by atoms with Gasteiger partial charge in [-0.2, -0.15) is 0 Å². The quantitative estimate of drug-likeness (QED) is 0.0274. The van der Waals surface area contributed by atoms with Gasteiger partial charge < -0.3 is 25.6 Å². The van der Waals surface area contributed by atoms with Crippen LogP contribution in [0.3, 0.4) is 0 Å². The van der Waals surface area contributed by atoms with Crippen LogP contribution in [0.25, 0.3) is 0 Å². The Bertz CT molecular complexity index is 1040. The summed E-state index contributed by atoms with van der Waals surface area (Å²) in [6.07, 6.45) is 48.3. The molecule has 0 rings (SSSR count). The monoisotopic (exact) mass is 789 g/mol. The molecule has 0 aliphatic carbocycles. The second-order valence-electron chi connectivity index (χ2n) is 15.5. The van der Waals surface area contributed by atoms with Crippen LogP contribution in [0.15, 0.2) is 36.5 Å². The van der Waals surface area contributed by atoms with Crippen molar-refractivity contribution in [1.29, 1.82) is 0 Å². The number of carboxylic acids is 1. The lowest BCUT2D eigenvalue weighted by molar-refractivity contribution is -0.145. The van der Waals surface area contributed by atoms with E-state index in [1.54, 1.807) is 0 Å². The van der Waals surface area contributed by atoms with E-state index in [1.807, 2.05) is 24.3 Å². The Morgan fingerprint density at radius 3 is 1.50 bits per heavy atom. The molecule has 4 N–H and O–H groups in total. The number of unbranched alkanes of at least 4 members (excludes halogenated alkanes) is 25. The standard InChI is InChI=1S/C47H84N2O7/c1-3-5-7-9-10-11-12-13-14-15-16-17-18-19-20-21-22-23-24-25-26-31-35-39-46(53)56-42(36-32-28-8-6-4-2)37-33-29-27-30-34-38-44(51)48-40-45(52)49-43(41-50)47(54)55/h6,8,32-33,36-37,42-43,50H,3-5,7,9-31,34-35,38-41H2,1-2H3,(H,48,51)(H,49,52)(H,54,55)/b8-6-,36-32-,37-33-. The number of aliphatic hydroxyl groups is 1. The highest BCUT2D eigenvalue weighted by atomic mass is 16.5. The van der Waals surface area contributed by atoms with Crippen molar-refractivity contribution in [2.24, 2.45) is 0 Å². The molecule has 0 aliphatic rings. The predicted molar refractivity (Wildman–Crippen MR) is 231 cm³/mol. The summed E-state index contributed by atoms with van der Waals surface area (Å²) in [5.74, 6) is -2.46. The van der Waals surface area contributed by atoms with E-state index in [2.05, 4.69) is 36.6 Å². The SMILES string of the molecule is CC/C=C\C/C=C\C(/C=C\CCCCCC(=O)NCC(=O)NC(CO)C(=O)O)OC(=O)CCCCCCCCCCCCCCCCCCCCCCCCC. The third-order valence-electron chi connectivity index (χ3n) is 10.1. The highest BCUT2D eigenvalue weighted by Gasteiger charge is 2.18. The van der Waals surface area contributed by atoms with Gasteiger partial charge in [-0.3, -0.25) is 14.4 Å². The summed E-state index contributed by atoms with van der Waals surface area (Å²) >= 11 is 0. The Labute approximate surface area is 342 Å². The van der Waals surface area contributed by atoms with Gasteiger partial charge >= 0.3 is 11.9 Å². The molecule has 0 heterocycles. The second-order valence-corrected chi connectivity index (χ2v) is 15.5. The first-order chi connectivity index (χ1) is 27.3. The molecule has 0 saturated carbocycles. The fourth-order valence-corrected chi connectivity index (χ4v) is 6.62. The topological polar surface area (TPSA) is 142 Å². The molecule has 324 valence electrons. The third-order valence-corrected chi connectivity index (χ3v) is 10.1. The number of hydrogen-bond donors (Lipinski definition) is 4. The minimum atomic E-state index is -1.39. The Kier molecular flexibility index (Phi) is 39.5. The van der Waals surface area contributed by atoms with E-state index in [4.69, 9.17) is 14.9 Å². The Balaban J connectivity index is 3.97. The third kappa shape index (κ3) is 38.0. The van der Waals surface area contributed by atoms with Gasteiger partial charge in [0.05, 0.1) is 13.2 Å². The molecule has 9 nitrogen and oxygen atoms in total. The first-order valence-electron chi connectivity index (χ1n) is 22.9. The zero-order valence-corrected chi connectivity index (χ0v) is 35.9. The normalized spacial score (nSPS) is 12.8. The summed E-state index contributed by atoms with van der Waals surface area (Å²) in [4.78, 5) is 47.3. The van der Waals surface area contributed by atoms with Crippen LogP contribution >= 0.6 is 0 Å². The maximum atomic E-state index is 12.6. The first kappa shape index (κ1) is 53.1. The number of hydrogen-bond acceptors (Lipinski definition) is 6. The number of amides is 2. The van der Waals surface area contributed by atoms with Gasteiger partial charge in [-0.05, 0) is 50.7 Å². The van der Waals surface area contributed by atoms with E-state index in [9.17, 15) is 19.2 Å². The van der Waals surface area contributed by atoms with E-state index in [-0.39, 0.29) is 24.8 Å². The van der Waals surface area contributed by atoms with Gasteiger partial charge in [0.15, 0.2) is 0 Å². The van der Waals surface area contributed by atoms with Gasteiger partial charge in [-0.15, -0.1) is 0 Å². The van der Waals surface area contributed by atoms with Crippen molar-refractivity contribution in [3.63, 3.8) is 0 Å². The number of ether oxygens (including phenoxy) is 1. The van der Waals surface area contributed by atoms with Crippen molar-refractivity contribution in [3.05, 3.63) is 36.5 Å². The number of aliphatic hydroxyl groups excluding tert-OH is 1. The first-order valence-corrected chi connectivity index (χ1v) is 22.9. The number of rotatable bonds is 41. The summed E-state index contributed by atoms with van der Waals surface area (Å²) in [6.45, 7) is 3.32. The molecule has 9 heteroatoms. The lowest BCUT2D eigenvalue weighted by Crippen LogP contribution is -2.47. The highest BCUT2D eigenvalue weighted by Crippen LogP contribution is 2.16. The maximum Gasteiger partial charge on any atom is 0.328 e. The van der Waals surface area contributed by atoms with Crippen LogP contribution in [0.5, 0.6) is 0 Å². The van der Waals surface area contributed by atoms with Crippen molar-refractivity contribution in [2.45, 2.75) is 225 Å². The molecule has 2 unspecified atom stereocenters. The largest absolute Gasteiger partial charge is 0.480 e. The molecule has 0 saturated heterocycles. The number of carboxylic acid groups (broad SMARTS) is 1. The molecule has 0 fully saturated rings. The molecule has 0 aliphatic heterocycles. The zero-order valence-electron chi connectivity index (χ0n) is 35.9. The maximum absolute atomic E-state index is 12.6. The zero-order chi connectivity index (χ0) is 41.2. The van der Waals surface area contributed by atoms with Crippen molar-refractivity contribution in [2.75, 3.05) is 13.2 Å². The van der Waals surface area contributed by atoms with E-state index >= 15 is 0 Å². The molecular formula is C47H84N2O7. The van der Waals surface area contributed by atoms with E-state index in [0.717, 1.165) is 44.9 Å². The molecule has 0 bridgehead atoms. The number of carbonyl (C=O) groups excluding carboxylic acids is 3. The van der Waals surface area contributed by atoms with Gasteiger partial charge in [-0.1, -0.05) is 186 Å². The number of allylic oxidation sites excluding steroid dienone is 4. The number of esters is 1. The Morgan fingerprint density at radius 2 is 1.02 bits per heavy atom. The second kappa shape index (κ2) is 41.7. The number of carbonyl (C=O) groups is 4. The van der Waals surface area contributed by atoms with Gasteiger partial charge in [0.25, 0.3) is 0 Å². The van der Waals surface area contributed by atoms with Crippen LogP contribution in [-0.2, 0) is 23.9 Å². The van der Waals surface area contributed by atoms with Crippen LogP contribution in [0, 0.1) is 0 Å². The van der Waals surface area contributed by atoms with Crippen LogP contribution in [0.1, 0.15) is 213 Å². The molecule has 0 aromatic rings. The van der Waals surface area contributed by atoms with E-state index in [0.29, 0.717) is 12.8 Å². The summed E-state index contributed by atoms with van der Waals surface area (Å²) in [5.41, 5.74) is 0. The lowest BCUT2D eigenvalue weighted by atomic mass is 10.0. The van der Waals surface area contributed by atoms with Crippen molar-refractivity contribution < 1.29 is 34.1 Å². The smallest absolute Gasteiger partial charge is 0.328 e. The summed E-state index contributed by atoms with van der Waals surface area (Å²) in [6, 6.07) is -1.39. The van der Waals surface area contributed by atoms with Crippen LogP contribution in [0.2, 0.25) is 0 Å². The molecule has 0 aromatic heterocycles. The van der Waals surface area contributed by atoms with Gasteiger partial charge in [0, 0.05) is 12.8 Å². The molecule has 0 aromatic carbocycles. The van der Waals surface area contributed by atoms with Gasteiger partial charge in [-0.25, -0.2) is 4.79 Å². The molecular weight excluding hydrogens is 705 g/mol. The molecule has 0 radical (unpaired) electrons. The number of nitrogens with one attached hydrogen (secondary N) is 2. The summed E-state index contributed by atoms with van der Waals surface area (Å²) in [7, 11) is 0. The lowest BCUT2D eigenvalue weighted by Gasteiger charge is -2.12. The Hall–Kier alpha value is -2.94. The average Bonchev–Trinajstić information content (AvgIpc) is 3.18.